The van der Waals surface area contributed by atoms with Crippen LogP contribution < -0.4 is 5.32 Å². The summed E-state index contributed by atoms with van der Waals surface area (Å²) in [6.07, 6.45) is 9.71. The molecule has 0 amide bonds. The summed E-state index contributed by atoms with van der Waals surface area (Å²) in [6, 6.07) is 8.80. The first-order valence-corrected chi connectivity index (χ1v) is 7.59. The minimum Gasteiger partial charge on any atom is -0.313 e. The molecule has 0 bridgehead atoms. The van der Waals surface area contributed by atoms with Gasteiger partial charge in [0.25, 0.3) is 0 Å². The summed E-state index contributed by atoms with van der Waals surface area (Å²) in [5.41, 5.74) is 2.73. The van der Waals surface area contributed by atoms with Gasteiger partial charge in [-0.05, 0) is 25.5 Å². The topological polar surface area (TPSA) is 12.0 Å². The lowest BCUT2D eigenvalue weighted by Gasteiger charge is -2.05. The summed E-state index contributed by atoms with van der Waals surface area (Å²) in [6.45, 7) is 6.57. The first kappa shape index (κ1) is 15.2. The van der Waals surface area contributed by atoms with E-state index in [0.717, 1.165) is 13.1 Å². The average Bonchev–Trinajstić information content (AvgIpc) is 2.39. The second-order valence-electron chi connectivity index (χ2n) is 5.28. The first-order valence-electron chi connectivity index (χ1n) is 7.59. The van der Waals surface area contributed by atoms with E-state index in [0.29, 0.717) is 0 Å². The SMILES string of the molecule is CCCCCCCCCNCc1ccc(C)cc1. The number of benzene rings is 1. The Morgan fingerprint density at radius 3 is 2.11 bits per heavy atom. The van der Waals surface area contributed by atoms with Crippen LogP contribution in [0.15, 0.2) is 24.3 Å². The summed E-state index contributed by atoms with van der Waals surface area (Å²) in [5.74, 6) is 0. The number of unbranched alkanes of at least 4 members (excludes halogenated alkanes) is 6. The second-order valence-corrected chi connectivity index (χ2v) is 5.28. The van der Waals surface area contributed by atoms with Crippen LogP contribution in [0.3, 0.4) is 0 Å². The fourth-order valence-corrected chi connectivity index (χ4v) is 2.15. The van der Waals surface area contributed by atoms with Gasteiger partial charge in [0.15, 0.2) is 0 Å². The Morgan fingerprint density at radius 2 is 1.44 bits per heavy atom. The maximum Gasteiger partial charge on any atom is 0.0205 e. The fourth-order valence-electron chi connectivity index (χ4n) is 2.15. The van der Waals surface area contributed by atoms with Gasteiger partial charge in [0, 0.05) is 6.54 Å². The summed E-state index contributed by atoms with van der Waals surface area (Å²) < 4.78 is 0. The van der Waals surface area contributed by atoms with E-state index in [4.69, 9.17) is 0 Å². The predicted molar refractivity (Wildman–Crippen MR) is 80.9 cm³/mol. The highest BCUT2D eigenvalue weighted by Gasteiger charge is 1.93. The molecule has 0 radical (unpaired) electrons. The minimum absolute atomic E-state index is 1.01. The van der Waals surface area contributed by atoms with Crippen molar-refractivity contribution in [2.24, 2.45) is 0 Å². The molecule has 0 fully saturated rings. The van der Waals surface area contributed by atoms with Gasteiger partial charge in [0.05, 0.1) is 0 Å². The molecule has 1 aromatic carbocycles. The van der Waals surface area contributed by atoms with Gasteiger partial charge in [0.1, 0.15) is 0 Å². The Hall–Kier alpha value is -0.820. The molecule has 0 atom stereocenters. The Labute approximate surface area is 113 Å². The van der Waals surface area contributed by atoms with Gasteiger partial charge >= 0.3 is 0 Å². The highest BCUT2D eigenvalue weighted by Crippen LogP contribution is 2.06. The van der Waals surface area contributed by atoms with E-state index in [2.05, 4.69) is 43.4 Å². The number of rotatable bonds is 10. The van der Waals surface area contributed by atoms with Crippen LogP contribution >= 0.6 is 0 Å². The van der Waals surface area contributed by atoms with Crippen molar-refractivity contribution in [3.63, 3.8) is 0 Å². The summed E-state index contributed by atoms with van der Waals surface area (Å²) in [7, 11) is 0. The summed E-state index contributed by atoms with van der Waals surface area (Å²) in [4.78, 5) is 0. The maximum absolute atomic E-state index is 3.52. The van der Waals surface area contributed by atoms with Crippen LogP contribution in [-0.4, -0.2) is 6.54 Å². The van der Waals surface area contributed by atoms with Gasteiger partial charge in [0.2, 0.25) is 0 Å². The van der Waals surface area contributed by atoms with E-state index >= 15 is 0 Å². The lowest BCUT2D eigenvalue weighted by Crippen LogP contribution is -2.14. The van der Waals surface area contributed by atoms with E-state index in [1.165, 1.54) is 56.1 Å². The smallest absolute Gasteiger partial charge is 0.0205 e. The van der Waals surface area contributed by atoms with Crippen LogP contribution in [0.2, 0.25) is 0 Å². The number of aryl methyl sites for hydroxylation is 1. The molecular weight excluding hydrogens is 218 g/mol. The van der Waals surface area contributed by atoms with Crippen LogP contribution in [0.1, 0.15) is 63.0 Å². The molecule has 0 saturated carbocycles. The zero-order chi connectivity index (χ0) is 13.1. The average molecular weight is 247 g/mol. The molecule has 0 aromatic heterocycles. The van der Waals surface area contributed by atoms with E-state index in [1.54, 1.807) is 0 Å². The Kier molecular flexibility index (Phi) is 8.58. The highest BCUT2D eigenvalue weighted by molar-refractivity contribution is 5.20. The minimum atomic E-state index is 1.01. The van der Waals surface area contributed by atoms with Crippen LogP contribution in [0, 0.1) is 6.92 Å². The lowest BCUT2D eigenvalue weighted by molar-refractivity contribution is 0.562. The third kappa shape index (κ3) is 7.50. The van der Waals surface area contributed by atoms with Crippen LogP contribution in [0.4, 0.5) is 0 Å². The quantitative estimate of drug-likeness (QED) is 0.584. The van der Waals surface area contributed by atoms with Crippen molar-refractivity contribution in [1.29, 1.82) is 0 Å². The number of nitrogens with one attached hydrogen (secondary N) is 1. The summed E-state index contributed by atoms with van der Waals surface area (Å²) in [5, 5.41) is 3.52. The molecule has 0 spiro atoms. The van der Waals surface area contributed by atoms with Crippen molar-refractivity contribution >= 4 is 0 Å². The number of hydrogen-bond donors (Lipinski definition) is 1. The van der Waals surface area contributed by atoms with E-state index in [-0.39, 0.29) is 0 Å². The largest absolute Gasteiger partial charge is 0.313 e. The monoisotopic (exact) mass is 247 g/mol. The Bertz CT molecular complexity index is 289. The molecule has 1 aromatic rings. The molecule has 0 unspecified atom stereocenters. The molecular formula is C17H29N. The van der Waals surface area contributed by atoms with Crippen LogP contribution in [0.5, 0.6) is 0 Å². The standard InChI is InChI=1S/C17H29N/c1-3-4-5-6-7-8-9-14-18-15-17-12-10-16(2)11-13-17/h10-13,18H,3-9,14-15H2,1-2H3. The van der Waals surface area contributed by atoms with Crippen LogP contribution in [-0.2, 0) is 6.54 Å². The fraction of sp³-hybridized carbons (Fsp3) is 0.647. The molecule has 0 heterocycles. The van der Waals surface area contributed by atoms with Gasteiger partial charge < -0.3 is 5.32 Å². The molecule has 0 saturated heterocycles. The first-order chi connectivity index (χ1) is 8.83. The third-order valence-corrected chi connectivity index (χ3v) is 3.41. The van der Waals surface area contributed by atoms with Crippen molar-refractivity contribution in [2.75, 3.05) is 6.54 Å². The van der Waals surface area contributed by atoms with E-state index in [9.17, 15) is 0 Å². The van der Waals surface area contributed by atoms with Gasteiger partial charge in [-0.3, -0.25) is 0 Å². The van der Waals surface area contributed by atoms with Gasteiger partial charge in [-0.25, -0.2) is 0 Å². The van der Waals surface area contributed by atoms with Gasteiger partial charge in [-0.1, -0.05) is 75.3 Å². The molecule has 1 nitrogen and oxygen atoms in total. The second kappa shape index (κ2) is 10.1. The Balaban J connectivity index is 1.91. The van der Waals surface area contributed by atoms with E-state index in [1.807, 2.05) is 0 Å². The van der Waals surface area contributed by atoms with Crippen molar-refractivity contribution in [3.8, 4) is 0 Å². The maximum atomic E-state index is 3.52. The molecule has 1 heteroatoms. The molecule has 1 rings (SSSR count). The van der Waals surface area contributed by atoms with E-state index < -0.39 is 0 Å². The molecule has 102 valence electrons. The normalized spacial score (nSPS) is 10.8. The molecule has 0 aliphatic carbocycles. The van der Waals surface area contributed by atoms with Crippen molar-refractivity contribution in [2.45, 2.75) is 65.3 Å². The molecule has 0 aliphatic rings. The van der Waals surface area contributed by atoms with Gasteiger partial charge in [-0.2, -0.15) is 0 Å². The molecule has 0 aliphatic heterocycles. The zero-order valence-electron chi connectivity index (χ0n) is 12.2. The summed E-state index contributed by atoms with van der Waals surface area (Å²) >= 11 is 0. The van der Waals surface area contributed by atoms with Crippen molar-refractivity contribution < 1.29 is 0 Å². The third-order valence-electron chi connectivity index (χ3n) is 3.41. The van der Waals surface area contributed by atoms with Crippen LogP contribution in [0.25, 0.3) is 0 Å². The highest BCUT2D eigenvalue weighted by atomic mass is 14.8. The van der Waals surface area contributed by atoms with Crippen molar-refractivity contribution in [3.05, 3.63) is 35.4 Å². The zero-order valence-corrected chi connectivity index (χ0v) is 12.2. The van der Waals surface area contributed by atoms with Crippen molar-refractivity contribution in [1.82, 2.24) is 5.32 Å². The molecule has 18 heavy (non-hydrogen) atoms. The predicted octanol–water partition coefficient (Wildman–Crippen LogP) is 4.84. The number of hydrogen-bond acceptors (Lipinski definition) is 1. The Morgan fingerprint density at radius 1 is 0.833 bits per heavy atom. The van der Waals surface area contributed by atoms with Gasteiger partial charge in [-0.15, -0.1) is 0 Å². The lowest BCUT2D eigenvalue weighted by atomic mass is 10.1. The molecule has 1 N–H and O–H groups in total.